The molecule has 3 rings (SSSR count). The number of carbonyl (C=O) groups is 2. The number of rotatable bonds is 12. The van der Waals surface area contributed by atoms with Gasteiger partial charge in [-0.25, -0.2) is 4.79 Å². The van der Waals surface area contributed by atoms with Crippen molar-refractivity contribution in [1.29, 1.82) is 0 Å². The Labute approximate surface area is 224 Å². The van der Waals surface area contributed by atoms with Gasteiger partial charge in [0.2, 0.25) is 6.41 Å². The molecule has 5 N–H and O–H groups in total. The molecule has 3 aromatic rings. The first kappa shape index (κ1) is 29.9. The second-order valence-electron chi connectivity index (χ2n) is 9.33. The van der Waals surface area contributed by atoms with Crippen LogP contribution in [-0.2, 0) is 16.1 Å². The minimum absolute atomic E-state index is 0.0724. The molecule has 0 aliphatic heterocycles. The van der Waals surface area contributed by atoms with Crippen LogP contribution < -0.4 is 21.9 Å². The van der Waals surface area contributed by atoms with E-state index in [-0.39, 0.29) is 5.56 Å². The second kappa shape index (κ2) is 15.0. The molecule has 38 heavy (non-hydrogen) atoms. The quantitative estimate of drug-likeness (QED) is 0.212. The SMILES string of the molecule is C=C(N)NCCCC(NC=O)C(=O)O.Cc1cccn(Cc2ccccc2-c2cccc(C(C)C)c2)c1=O. The lowest BCUT2D eigenvalue weighted by Crippen LogP contribution is -2.36. The second-order valence-corrected chi connectivity index (χ2v) is 9.33. The number of carboxylic acid groups (broad SMARTS) is 1. The summed E-state index contributed by atoms with van der Waals surface area (Å²) in [5, 5.41) is 13.6. The van der Waals surface area contributed by atoms with E-state index in [2.05, 4.69) is 73.5 Å². The van der Waals surface area contributed by atoms with Crippen LogP contribution in [0, 0.1) is 6.92 Å². The molecule has 0 spiro atoms. The van der Waals surface area contributed by atoms with Crippen molar-refractivity contribution < 1.29 is 14.7 Å². The summed E-state index contributed by atoms with van der Waals surface area (Å²) >= 11 is 0. The first-order valence-corrected chi connectivity index (χ1v) is 12.6. The number of amides is 1. The highest BCUT2D eigenvalue weighted by Crippen LogP contribution is 2.27. The van der Waals surface area contributed by atoms with E-state index in [1.54, 1.807) is 4.57 Å². The van der Waals surface area contributed by atoms with Gasteiger partial charge < -0.3 is 26.0 Å². The zero-order chi connectivity index (χ0) is 28.1. The Morgan fingerprint density at radius 2 is 1.87 bits per heavy atom. The number of carboxylic acids is 1. The van der Waals surface area contributed by atoms with Gasteiger partial charge in [-0.15, -0.1) is 0 Å². The number of nitrogens with zero attached hydrogens (tertiary/aromatic N) is 1. The fourth-order valence-electron chi connectivity index (χ4n) is 3.89. The largest absolute Gasteiger partial charge is 0.480 e. The topological polar surface area (TPSA) is 126 Å². The molecule has 0 saturated carbocycles. The molecular weight excluding hydrogens is 480 g/mol. The van der Waals surface area contributed by atoms with Crippen molar-refractivity contribution in [3.63, 3.8) is 0 Å². The van der Waals surface area contributed by atoms with Crippen LogP contribution in [0.25, 0.3) is 11.1 Å². The molecule has 0 bridgehead atoms. The van der Waals surface area contributed by atoms with Crippen molar-refractivity contribution in [3.05, 3.63) is 106 Å². The van der Waals surface area contributed by atoms with Crippen molar-refractivity contribution in [2.45, 2.75) is 52.1 Å². The van der Waals surface area contributed by atoms with Crippen LogP contribution in [0.2, 0.25) is 0 Å². The van der Waals surface area contributed by atoms with E-state index >= 15 is 0 Å². The summed E-state index contributed by atoms with van der Waals surface area (Å²) < 4.78 is 1.78. The number of benzene rings is 2. The monoisotopic (exact) mass is 518 g/mol. The summed E-state index contributed by atoms with van der Waals surface area (Å²) in [7, 11) is 0. The van der Waals surface area contributed by atoms with Crippen molar-refractivity contribution in [1.82, 2.24) is 15.2 Å². The van der Waals surface area contributed by atoms with Gasteiger partial charge >= 0.3 is 5.97 Å². The zero-order valence-electron chi connectivity index (χ0n) is 22.3. The highest BCUT2D eigenvalue weighted by atomic mass is 16.4. The van der Waals surface area contributed by atoms with Crippen LogP contribution in [0.15, 0.2) is 84.1 Å². The van der Waals surface area contributed by atoms with Gasteiger partial charge in [-0.3, -0.25) is 9.59 Å². The average molecular weight is 519 g/mol. The van der Waals surface area contributed by atoms with E-state index in [0.717, 1.165) is 11.1 Å². The van der Waals surface area contributed by atoms with Gasteiger partial charge in [0.25, 0.3) is 5.56 Å². The molecule has 0 aliphatic carbocycles. The molecule has 1 atom stereocenters. The summed E-state index contributed by atoms with van der Waals surface area (Å²) in [6, 6.07) is 20.0. The maximum absolute atomic E-state index is 12.3. The minimum Gasteiger partial charge on any atom is -0.480 e. The lowest BCUT2D eigenvalue weighted by Gasteiger charge is -2.14. The Morgan fingerprint density at radius 1 is 1.13 bits per heavy atom. The number of pyridine rings is 1. The third kappa shape index (κ3) is 9.28. The van der Waals surface area contributed by atoms with E-state index < -0.39 is 12.0 Å². The van der Waals surface area contributed by atoms with Gasteiger partial charge in [0.05, 0.1) is 12.4 Å². The normalized spacial score (nSPS) is 11.2. The fourth-order valence-corrected chi connectivity index (χ4v) is 3.89. The minimum atomic E-state index is -1.04. The molecule has 0 radical (unpaired) electrons. The van der Waals surface area contributed by atoms with Gasteiger partial charge in [-0.1, -0.05) is 75.0 Å². The molecule has 2 aromatic carbocycles. The van der Waals surface area contributed by atoms with Crippen molar-refractivity contribution in [2.75, 3.05) is 6.54 Å². The number of aliphatic carboxylic acids is 1. The van der Waals surface area contributed by atoms with Gasteiger partial charge in [-0.05, 0) is 54.0 Å². The highest BCUT2D eigenvalue weighted by molar-refractivity contribution is 5.76. The van der Waals surface area contributed by atoms with E-state index in [1.165, 1.54) is 16.7 Å². The molecule has 0 aliphatic rings. The van der Waals surface area contributed by atoms with Crippen LogP contribution in [-0.4, -0.2) is 34.6 Å². The molecule has 1 unspecified atom stereocenters. The maximum atomic E-state index is 12.3. The van der Waals surface area contributed by atoms with Crippen molar-refractivity contribution in [2.24, 2.45) is 5.73 Å². The van der Waals surface area contributed by atoms with Crippen LogP contribution in [0.5, 0.6) is 0 Å². The van der Waals surface area contributed by atoms with Gasteiger partial charge in [0.1, 0.15) is 6.04 Å². The Kier molecular flexibility index (Phi) is 11.8. The van der Waals surface area contributed by atoms with E-state index in [0.29, 0.717) is 44.1 Å². The van der Waals surface area contributed by atoms with Gasteiger partial charge in [0.15, 0.2) is 0 Å². The number of nitrogens with two attached hydrogens (primary N) is 1. The predicted molar refractivity (Wildman–Crippen MR) is 152 cm³/mol. The van der Waals surface area contributed by atoms with E-state index in [9.17, 15) is 14.4 Å². The zero-order valence-corrected chi connectivity index (χ0v) is 22.3. The third-order valence-electron chi connectivity index (χ3n) is 6.02. The molecule has 8 nitrogen and oxygen atoms in total. The lowest BCUT2D eigenvalue weighted by molar-refractivity contribution is -0.140. The standard InChI is InChI=1S/C22H23NO.C8H15N3O3/c1-16(2)18-10-6-11-19(14-18)21-12-5-4-9-20(21)15-23-13-7-8-17(3)22(23)24;1-6(9)10-4-2-3-7(8(13)14)11-5-12/h4-14,16H,15H2,1-3H3;5,7,10H,1-4,9H2,(H,11,12)(H,13,14). The summed E-state index contributed by atoms with van der Waals surface area (Å²) in [5.74, 6) is -0.194. The average Bonchev–Trinajstić information content (AvgIpc) is 2.89. The number of aryl methyl sites for hydroxylation is 1. The summed E-state index contributed by atoms with van der Waals surface area (Å²) in [4.78, 5) is 32.9. The van der Waals surface area contributed by atoms with Crippen LogP contribution >= 0.6 is 0 Å². The van der Waals surface area contributed by atoms with Gasteiger partial charge in [-0.2, -0.15) is 0 Å². The number of hydrogen-bond donors (Lipinski definition) is 4. The maximum Gasteiger partial charge on any atom is 0.326 e. The molecule has 0 saturated heterocycles. The van der Waals surface area contributed by atoms with Gasteiger partial charge in [0, 0.05) is 18.3 Å². The lowest BCUT2D eigenvalue weighted by atomic mass is 9.95. The Bertz CT molecular complexity index is 1280. The Morgan fingerprint density at radius 3 is 2.53 bits per heavy atom. The molecule has 1 amide bonds. The number of aromatic nitrogens is 1. The molecule has 0 fully saturated rings. The molecule has 1 aromatic heterocycles. The molecule has 202 valence electrons. The number of nitrogens with one attached hydrogen (secondary N) is 2. The fraction of sp³-hybridized carbons (Fsp3) is 0.300. The van der Waals surface area contributed by atoms with Crippen LogP contribution in [0.4, 0.5) is 0 Å². The first-order chi connectivity index (χ1) is 18.1. The van der Waals surface area contributed by atoms with Crippen molar-refractivity contribution in [3.8, 4) is 11.1 Å². The smallest absolute Gasteiger partial charge is 0.326 e. The Balaban J connectivity index is 0.000000312. The van der Waals surface area contributed by atoms with Crippen LogP contribution in [0.1, 0.15) is 49.3 Å². The summed E-state index contributed by atoms with van der Waals surface area (Å²) in [5.41, 5.74) is 11.0. The van der Waals surface area contributed by atoms with Crippen LogP contribution in [0.3, 0.4) is 0 Å². The summed E-state index contributed by atoms with van der Waals surface area (Å²) in [6.45, 7) is 10.8. The molecule has 8 heteroatoms. The van der Waals surface area contributed by atoms with E-state index in [4.69, 9.17) is 10.8 Å². The first-order valence-electron chi connectivity index (χ1n) is 12.6. The predicted octanol–water partition coefficient (Wildman–Crippen LogP) is 3.98. The van der Waals surface area contributed by atoms with E-state index in [1.807, 2.05) is 31.3 Å². The highest BCUT2D eigenvalue weighted by Gasteiger charge is 2.15. The molecular formula is C30H38N4O4. The molecule has 1 heterocycles. The Hall–Kier alpha value is -4.33. The number of hydrogen-bond acceptors (Lipinski definition) is 5. The number of carbonyl (C=O) groups excluding carboxylic acids is 1. The van der Waals surface area contributed by atoms with Crippen molar-refractivity contribution >= 4 is 12.4 Å². The summed E-state index contributed by atoms with van der Waals surface area (Å²) in [6.07, 6.45) is 3.19. The third-order valence-corrected chi connectivity index (χ3v) is 6.02.